The molecule has 0 radical (unpaired) electrons. The van der Waals surface area contributed by atoms with Crippen molar-refractivity contribution in [1.82, 2.24) is 14.8 Å². The predicted octanol–water partition coefficient (Wildman–Crippen LogP) is 3.55. The minimum absolute atomic E-state index is 0.164. The van der Waals surface area contributed by atoms with Crippen molar-refractivity contribution in [3.8, 4) is 23.0 Å². The largest absolute Gasteiger partial charge is 0.383 e. The van der Waals surface area contributed by atoms with Gasteiger partial charge >= 0.3 is 0 Å². The highest BCUT2D eigenvalue weighted by molar-refractivity contribution is 6.30. The summed E-state index contributed by atoms with van der Waals surface area (Å²) in [6, 6.07) is 11.5. The van der Waals surface area contributed by atoms with Gasteiger partial charge in [0.2, 0.25) is 0 Å². The molecule has 0 unspecified atom stereocenters. The molecule has 2 N–H and O–H groups in total. The van der Waals surface area contributed by atoms with Crippen LogP contribution in [0.2, 0.25) is 5.02 Å². The third-order valence-electron chi connectivity index (χ3n) is 4.51. The van der Waals surface area contributed by atoms with Crippen molar-refractivity contribution in [1.29, 1.82) is 5.26 Å². The van der Waals surface area contributed by atoms with E-state index in [0.29, 0.717) is 29.5 Å². The number of halogens is 1. The third kappa shape index (κ3) is 3.03. The Labute approximate surface area is 155 Å². The first-order valence-corrected chi connectivity index (χ1v) is 8.63. The molecule has 130 valence electrons. The van der Waals surface area contributed by atoms with Crippen LogP contribution in [0, 0.1) is 11.3 Å². The number of nitrogen functional groups attached to an aromatic ring is 1. The molecule has 26 heavy (non-hydrogen) atoms. The number of aromatic nitrogens is 3. The number of nitriles is 1. The fourth-order valence-electron chi connectivity index (χ4n) is 3.17. The van der Waals surface area contributed by atoms with E-state index in [1.807, 2.05) is 36.5 Å². The molecule has 3 heterocycles. The lowest BCUT2D eigenvalue weighted by Crippen LogP contribution is -2.06. The Balaban J connectivity index is 1.75. The highest BCUT2D eigenvalue weighted by Crippen LogP contribution is 2.33. The van der Waals surface area contributed by atoms with Crippen molar-refractivity contribution in [2.75, 3.05) is 18.9 Å². The van der Waals surface area contributed by atoms with Crippen molar-refractivity contribution < 1.29 is 4.74 Å². The first kappa shape index (κ1) is 16.6. The Morgan fingerprint density at radius 2 is 2.23 bits per heavy atom. The molecular weight excluding hydrogens is 350 g/mol. The van der Waals surface area contributed by atoms with Gasteiger partial charge < -0.3 is 10.5 Å². The number of anilines is 1. The van der Waals surface area contributed by atoms with Gasteiger partial charge in [-0.2, -0.15) is 10.4 Å². The summed E-state index contributed by atoms with van der Waals surface area (Å²) in [4.78, 5) is 4.41. The number of hydrogen-bond acceptors (Lipinski definition) is 5. The Morgan fingerprint density at radius 1 is 1.35 bits per heavy atom. The standard InChI is InChI=1S/C19H16ClN5O/c20-14-2-1-3-15(6-14)25-10-13(9-23-25)18-7-16(12-4-5-26-11-12)17(8-21)19(22)24-18/h1-3,6-7,9-10,12H,4-5,11H2,(H2,22,24)/t12-/m1/s1. The molecule has 0 spiro atoms. The van der Waals surface area contributed by atoms with Crippen molar-refractivity contribution in [3.63, 3.8) is 0 Å². The van der Waals surface area contributed by atoms with E-state index in [9.17, 15) is 5.26 Å². The van der Waals surface area contributed by atoms with E-state index >= 15 is 0 Å². The van der Waals surface area contributed by atoms with Crippen LogP contribution in [0.25, 0.3) is 16.9 Å². The van der Waals surface area contributed by atoms with Crippen LogP contribution in [0.3, 0.4) is 0 Å². The lowest BCUT2D eigenvalue weighted by atomic mass is 9.93. The van der Waals surface area contributed by atoms with Crippen molar-refractivity contribution in [2.24, 2.45) is 0 Å². The first-order valence-electron chi connectivity index (χ1n) is 8.25. The van der Waals surface area contributed by atoms with E-state index in [1.54, 1.807) is 10.9 Å². The van der Waals surface area contributed by atoms with Crippen molar-refractivity contribution in [2.45, 2.75) is 12.3 Å². The molecule has 1 fully saturated rings. The van der Waals surface area contributed by atoms with Crippen LogP contribution in [0.4, 0.5) is 5.82 Å². The van der Waals surface area contributed by atoms with Gasteiger partial charge in [0.25, 0.3) is 0 Å². The van der Waals surface area contributed by atoms with Crippen LogP contribution in [0.15, 0.2) is 42.7 Å². The quantitative estimate of drug-likeness (QED) is 0.766. The number of nitrogens with two attached hydrogens (primary N) is 1. The fourth-order valence-corrected chi connectivity index (χ4v) is 3.36. The van der Waals surface area contributed by atoms with Crippen LogP contribution in [-0.4, -0.2) is 28.0 Å². The summed E-state index contributed by atoms with van der Waals surface area (Å²) in [7, 11) is 0. The van der Waals surface area contributed by atoms with Gasteiger partial charge in [0.15, 0.2) is 0 Å². The maximum absolute atomic E-state index is 9.46. The molecule has 2 aromatic heterocycles. The van der Waals surface area contributed by atoms with Gasteiger partial charge in [-0.3, -0.25) is 0 Å². The summed E-state index contributed by atoms with van der Waals surface area (Å²) in [5, 5.41) is 14.5. The Hall–Kier alpha value is -2.88. The lowest BCUT2D eigenvalue weighted by molar-refractivity contribution is 0.194. The molecule has 0 aliphatic carbocycles. The predicted molar refractivity (Wildman–Crippen MR) is 99.1 cm³/mol. The molecule has 1 aromatic carbocycles. The molecule has 4 rings (SSSR count). The molecule has 3 aromatic rings. The topological polar surface area (TPSA) is 89.8 Å². The zero-order valence-electron chi connectivity index (χ0n) is 13.9. The van der Waals surface area contributed by atoms with E-state index in [-0.39, 0.29) is 11.7 Å². The summed E-state index contributed by atoms with van der Waals surface area (Å²) in [6.07, 6.45) is 4.47. The van der Waals surface area contributed by atoms with Crippen LogP contribution < -0.4 is 5.73 Å². The number of ether oxygens (including phenoxy) is 1. The Kier molecular flexibility index (Phi) is 4.33. The second-order valence-corrected chi connectivity index (χ2v) is 6.62. The SMILES string of the molecule is N#Cc1c([C@@H]2CCOC2)cc(-c2cnn(-c3cccc(Cl)c3)c2)nc1N. The third-order valence-corrected chi connectivity index (χ3v) is 4.75. The summed E-state index contributed by atoms with van der Waals surface area (Å²) in [5.74, 6) is 0.402. The fraction of sp³-hybridized carbons (Fsp3) is 0.211. The van der Waals surface area contributed by atoms with Gasteiger partial charge in [-0.15, -0.1) is 0 Å². The summed E-state index contributed by atoms with van der Waals surface area (Å²) < 4.78 is 7.20. The lowest BCUT2D eigenvalue weighted by Gasteiger charge is -2.13. The second kappa shape index (κ2) is 6.79. The summed E-state index contributed by atoms with van der Waals surface area (Å²) in [6.45, 7) is 1.29. The van der Waals surface area contributed by atoms with E-state index in [4.69, 9.17) is 22.1 Å². The van der Waals surface area contributed by atoms with Crippen LogP contribution in [0.1, 0.15) is 23.5 Å². The van der Waals surface area contributed by atoms with E-state index in [2.05, 4.69) is 16.2 Å². The average Bonchev–Trinajstić information content (AvgIpc) is 3.33. The molecular formula is C19H16ClN5O. The van der Waals surface area contributed by atoms with Gasteiger partial charge in [-0.25, -0.2) is 9.67 Å². The highest BCUT2D eigenvalue weighted by Gasteiger charge is 2.24. The molecule has 1 aliphatic rings. The molecule has 0 bridgehead atoms. The zero-order valence-corrected chi connectivity index (χ0v) is 14.6. The molecule has 7 heteroatoms. The monoisotopic (exact) mass is 365 g/mol. The number of nitrogens with zero attached hydrogens (tertiary/aromatic N) is 4. The van der Waals surface area contributed by atoms with Gasteiger partial charge in [0, 0.05) is 29.3 Å². The molecule has 1 aliphatic heterocycles. The second-order valence-electron chi connectivity index (χ2n) is 6.18. The average molecular weight is 366 g/mol. The van der Waals surface area contributed by atoms with Crippen molar-refractivity contribution in [3.05, 3.63) is 58.9 Å². The van der Waals surface area contributed by atoms with E-state index in [1.165, 1.54) is 0 Å². The first-order chi connectivity index (χ1) is 12.7. The minimum Gasteiger partial charge on any atom is -0.383 e. The smallest absolute Gasteiger partial charge is 0.142 e. The Bertz CT molecular complexity index is 1000. The Morgan fingerprint density at radius 3 is 2.96 bits per heavy atom. The van der Waals surface area contributed by atoms with Crippen LogP contribution >= 0.6 is 11.6 Å². The van der Waals surface area contributed by atoms with Gasteiger partial charge in [0.1, 0.15) is 11.9 Å². The maximum atomic E-state index is 9.46. The maximum Gasteiger partial charge on any atom is 0.142 e. The summed E-state index contributed by atoms with van der Waals surface area (Å²) >= 11 is 6.05. The number of rotatable bonds is 3. The van der Waals surface area contributed by atoms with Crippen molar-refractivity contribution >= 4 is 17.4 Å². The van der Waals surface area contributed by atoms with E-state index < -0.39 is 0 Å². The zero-order chi connectivity index (χ0) is 18.1. The highest BCUT2D eigenvalue weighted by atomic mass is 35.5. The summed E-state index contributed by atoms with van der Waals surface area (Å²) in [5.41, 5.74) is 9.75. The van der Waals surface area contributed by atoms with E-state index in [0.717, 1.165) is 23.2 Å². The molecule has 1 atom stereocenters. The van der Waals surface area contributed by atoms with Crippen LogP contribution in [-0.2, 0) is 4.74 Å². The van der Waals surface area contributed by atoms with Gasteiger partial charge in [-0.05, 0) is 36.2 Å². The van der Waals surface area contributed by atoms with Gasteiger partial charge in [0.05, 0.1) is 29.7 Å². The molecule has 6 nitrogen and oxygen atoms in total. The van der Waals surface area contributed by atoms with Crippen LogP contribution in [0.5, 0.6) is 0 Å². The number of pyridine rings is 1. The van der Waals surface area contributed by atoms with Gasteiger partial charge in [-0.1, -0.05) is 17.7 Å². The number of hydrogen-bond donors (Lipinski definition) is 1. The normalized spacial score (nSPS) is 16.5. The molecule has 1 saturated heterocycles. The molecule has 0 amide bonds. The molecule has 0 saturated carbocycles. The minimum atomic E-state index is 0.164. The number of benzene rings is 1.